The summed E-state index contributed by atoms with van der Waals surface area (Å²) in [5.41, 5.74) is 3.77. The Hall–Kier alpha value is -1.64. The first-order chi connectivity index (χ1) is 12.8. The van der Waals surface area contributed by atoms with E-state index in [0.717, 1.165) is 40.1 Å². The van der Waals surface area contributed by atoms with Gasteiger partial charge in [0.2, 0.25) is 0 Å². The summed E-state index contributed by atoms with van der Waals surface area (Å²) >= 11 is 11.1. The van der Waals surface area contributed by atoms with Gasteiger partial charge in [0.05, 0.1) is 38.0 Å². The van der Waals surface area contributed by atoms with Crippen LogP contribution < -0.4 is 5.32 Å². The SMILES string of the molecule is Cc1nn(CCCNC(=O)c2cc(Cn3nc(C)c(Cl)c3C)cs2)cc1Br. The van der Waals surface area contributed by atoms with Crippen LogP contribution in [0.5, 0.6) is 0 Å². The van der Waals surface area contributed by atoms with E-state index in [9.17, 15) is 4.79 Å². The van der Waals surface area contributed by atoms with E-state index in [4.69, 9.17) is 11.6 Å². The lowest BCUT2D eigenvalue weighted by atomic mass is 10.3. The number of amides is 1. The van der Waals surface area contributed by atoms with Crippen molar-refractivity contribution >= 4 is 44.8 Å². The monoisotopic (exact) mass is 469 g/mol. The van der Waals surface area contributed by atoms with E-state index in [2.05, 4.69) is 31.4 Å². The summed E-state index contributed by atoms with van der Waals surface area (Å²) in [6.45, 7) is 7.77. The first-order valence-electron chi connectivity index (χ1n) is 8.60. The smallest absolute Gasteiger partial charge is 0.261 e. The fraction of sp³-hybridized carbons (Fsp3) is 0.389. The lowest BCUT2D eigenvalue weighted by Gasteiger charge is -2.04. The summed E-state index contributed by atoms with van der Waals surface area (Å²) in [7, 11) is 0. The molecule has 27 heavy (non-hydrogen) atoms. The van der Waals surface area contributed by atoms with Crippen LogP contribution in [-0.2, 0) is 13.1 Å². The molecule has 0 aliphatic carbocycles. The van der Waals surface area contributed by atoms with Gasteiger partial charge in [0, 0.05) is 19.3 Å². The van der Waals surface area contributed by atoms with Crippen LogP contribution in [0.1, 0.15) is 38.7 Å². The maximum absolute atomic E-state index is 12.3. The average Bonchev–Trinajstić information content (AvgIpc) is 3.29. The van der Waals surface area contributed by atoms with E-state index in [-0.39, 0.29) is 5.91 Å². The maximum Gasteiger partial charge on any atom is 0.261 e. The zero-order chi connectivity index (χ0) is 19.6. The van der Waals surface area contributed by atoms with E-state index in [0.29, 0.717) is 23.0 Å². The third-order valence-corrected chi connectivity index (χ3v) is 6.54. The van der Waals surface area contributed by atoms with Crippen LogP contribution in [0, 0.1) is 20.8 Å². The molecular formula is C18H21BrClN5OS. The molecule has 1 amide bonds. The minimum absolute atomic E-state index is 0.0459. The lowest BCUT2D eigenvalue weighted by Crippen LogP contribution is -2.24. The highest BCUT2D eigenvalue weighted by Crippen LogP contribution is 2.21. The molecule has 0 aromatic carbocycles. The second-order valence-electron chi connectivity index (χ2n) is 6.40. The summed E-state index contributed by atoms with van der Waals surface area (Å²) in [6, 6.07) is 1.92. The van der Waals surface area contributed by atoms with Crippen LogP contribution >= 0.6 is 38.9 Å². The van der Waals surface area contributed by atoms with E-state index in [1.807, 2.05) is 47.8 Å². The third-order valence-electron chi connectivity index (χ3n) is 4.24. The first-order valence-corrected chi connectivity index (χ1v) is 10.6. The number of carbonyl (C=O) groups excluding carboxylic acids is 1. The normalized spacial score (nSPS) is 11.1. The highest BCUT2D eigenvalue weighted by Gasteiger charge is 2.12. The van der Waals surface area contributed by atoms with Crippen molar-refractivity contribution in [1.29, 1.82) is 0 Å². The van der Waals surface area contributed by atoms with Gasteiger partial charge in [-0.3, -0.25) is 14.2 Å². The molecule has 0 radical (unpaired) electrons. The number of nitrogens with zero attached hydrogens (tertiary/aromatic N) is 4. The number of halogens is 2. The number of aryl methyl sites for hydroxylation is 3. The minimum Gasteiger partial charge on any atom is -0.351 e. The molecule has 3 rings (SSSR count). The third kappa shape index (κ3) is 4.80. The number of nitrogens with one attached hydrogen (secondary N) is 1. The van der Waals surface area contributed by atoms with Crippen molar-refractivity contribution in [3.8, 4) is 0 Å². The van der Waals surface area contributed by atoms with Gasteiger partial charge in [0.25, 0.3) is 5.91 Å². The van der Waals surface area contributed by atoms with Gasteiger partial charge in [-0.15, -0.1) is 11.3 Å². The largest absolute Gasteiger partial charge is 0.351 e. The Morgan fingerprint density at radius 3 is 2.70 bits per heavy atom. The number of hydrogen-bond acceptors (Lipinski definition) is 4. The number of aromatic nitrogens is 4. The van der Waals surface area contributed by atoms with Gasteiger partial charge in [-0.25, -0.2) is 0 Å². The van der Waals surface area contributed by atoms with Gasteiger partial charge < -0.3 is 5.32 Å². The number of hydrogen-bond donors (Lipinski definition) is 1. The average molecular weight is 471 g/mol. The van der Waals surface area contributed by atoms with Crippen LogP contribution in [0.4, 0.5) is 0 Å². The molecule has 0 bridgehead atoms. The first kappa shape index (κ1) is 20.1. The molecule has 9 heteroatoms. The lowest BCUT2D eigenvalue weighted by molar-refractivity contribution is 0.0956. The van der Waals surface area contributed by atoms with Gasteiger partial charge in [-0.05, 0) is 60.1 Å². The predicted molar refractivity (Wildman–Crippen MR) is 112 cm³/mol. The number of thiophene rings is 1. The number of carbonyl (C=O) groups is 1. The molecule has 144 valence electrons. The van der Waals surface area contributed by atoms with E-state index < -0.39 is 0 Å². The Morgan fingerprint density at radius 1 is 1.30 bits per heavy atom. The molecule has 0 aliphatic heterocycles. The van der Waals surface area contributed by atoms with Crippen molar-refractivity contribution in [1.82, 2.24) is 24.9 Å². The molecule has 3 aromatic rings. The maximum atomic E-state index is 12.3. The summed E-state index contributed by atoms with van der Waals surface area (Å²) < 4.78 is 4.75. The van der Waals surface area contributed by atoms with E-state index in [1.165, 1.54) is 11.3 Å². The molecule has 6 nitrogen and oxygen atoms in total. The fourth-order valence-corrected chi connectivity index (χ4v) is 3.99. The van der Waals surface area contributed by atoms with Gasteiger partial charge in [0.15, 0.2) is 0 Å². The highest BCUT2D eigenvalue weighted by molar-refractivity contribution is 9.10. The topological polar surface area (TPSA) is 64.7 Å². The van der Waals surface area contributed by atoms with Crippen molar-refractivity contribution in [2.45, 2.75) is 40.3 Å². The van der Waals surface area contributed by atoms with Crippen LogP contribution in [0.15, 0.2) is 22.1 Å². The molecule has 0 saturated heterocycles. The molecule has 0 fully saturated rings. The van der Waals surface area contributed by atoms with Gasteiger partial charge in [-0.2, -0.15) is 10.2 Å². The van der Waals surface area contributed by atoms with Crippen LogP contribution in [-0.4, -0.2) is 32.0 Å². The Morgan fingerprint density at radius 2 is 2.07 bits per heavy atom. The van der Waals surface area contributed by atoms with Crippen LogP contribution in [0.2, 0.25) is 5.02 Å². The Labute approximate surface area is 175 Å². The second-order valence-corrected chi connectivity index (χ2v) is 8.54. The second kappa shape index (κ2) is 8.58. The zero-order valence-corrected chi connectivity index (χ0v) is 18.6. The fourth-order valence-electron chi connectivity index (χ4n) is 2.72. The van der Waals surface area contributed by atoms with E-state index >= 15 is 0 Å². The van der Waals surface area contributed by atoms with Crippen molar-refractivity contribution in [2.24, 2.45) is 0 Å². The van der Waals surface area contributed by atoms with Crippen molar-refractivity contribution in [2.75, 3.05) is 6.54 Å². The summed E-state index contributed by atoms with van der Waals surface area (Å²) in [5.74, 6) is -0.0459. The highest BCUT2D eigenvalue weighted by atomic mass is 79.9. The quantitative estimate of drug-likeness (QED) is 0.522. The Bertz CT molecular complexity index is 942. The van der Waals surface area contributed by atoms with Gasteiger partial charge in [0.1, 0.15) is 0 Å². The van der Waals surface area contributed by atoms with Gasteiger partial charge in [-0.1, -0.05) is 11.6 Å². The van der Waals surface area contributed by atoms with Crippen LogP contribution in [0.25, 0.3) is 0 Å². The van der Waals surface area contributed by atoms with Crippen LogP contribution in [0.3, 0.4) is 0 Å². The van der Waals surface area contributed by atoms with Crippen molar-refractivity contribution in [3.05, 3.63) is 54.7 Å². The molecular weight excluding hydrogens is 450 g/mol. The standard InChI is InChI=1S/C18H21BrClN5OS/c1-11-15(19)9-24(22-11)6-4-5-21-18(26)16-7-14(10-27-16)8-25-13(3)17(20)12(2)23-25/h7,9-10H,4-6,8H2,1-3H3,(H,21,26). The molecule has 1 N–H and O–H groups in total. The number of rotatable bonds is 7. The molecule has 0 saturated carbocycles. The van der Waals surface area contributed by atoms with Gasteiger partial charge >= 0.3 is 0 Å². The molecule has 3 heterocycles. The molecule has 0 spiro atoms. The predicted octanol–water partition coefficient (Wildman–Crippen LogP) is 4.35. The Kier molecular flexibility index (Phi) is 6.39. The van der Waals surface area contributed by atoms with Crippen molar-refractivity contribution in [3.63, 3.8) is 0 Å². The van der Waals surface area contributed by atoms with E-state index in [1.54, 1.807) is 0 Å². The molecule has 0 unspecified atom stereocenters. The molecule has 3 aromatic heterocycles. The minimum atomic E-state index is -0.0459. The molecule has 0 atom stereocenters. The van der Waals surface area contributed by atoms with Crippen molar-refractivity contribution < 1.29 is 4.79 Å². The molecule has 0 aliphatic rings. The zero-order valence-electron chi connectivity index (χ0n) is 15.4. The summed E-state index contributed by atoms with van der Waals surface area (Å²) in [4.78, 5) is 13.0. The summed E-state index contributed by atoms with van der Waals surface area (Å²) in [6.07, 6.45) is 2.77. The summed E-state index contributed by atoms with van der Waals surface area (Å²) in [5, 5.41) is 14.5. The Balaban J connectivity index is 1.50.